The molecule has 1 aliphatic heterocycles. The SMILES string of the molecule is CCNC(=O)N1Cc2[nH]cnc2CC1c1nc(-c2ccc(F)c(Cl)c2)no1. The fraction of sp³-hybridized carbons (Fsp3) is 0.294. The first-order valence-electron chi connectivity index (χ1n) is 8.41. The highest BCUT2D eigenvalue weighted by atomic mass is 35.5. The normalized spacial score (nSPS) is 16.3. The summed E-state index contributed by atoms with van der Waals surface area (Å²) >= 11 is 5.83. The average molecular weight is 391 g/mol. The third kappa shape index (κ3) is 3.25. The smallest absolute Gasteiger partial charge is 0.318 e. The van der Waals surface area contributed by atoms with Crippen molar-refractivity contribution in [2.24, 2.45) is 0 Å². The number of amides is 2. The van der Waals surface area contributed by atoms with Gasteiger partial charge in [-0.25, -0.2) is 14.2 Å². The summed E-state index contributed by atoms with van der Waals surface area (Å²) in [5.74, 6) is 0.0332. The summed E-state index contributed by atoms with van der Waals surface area (Å²) in [4.78, 5) is 25.9. The van der Waals surface area contributed by atoms with Gasteiger partial charge >= 0.3 is 6.03 Å². The van der Waals surface area contributed by atoms with Crippen molar-refractivity contribution in [2.75, 3.05) is 6.54 Å². The Kier molecular flexibility index (Phi) is 4.53. The second-order valence-electron chi connectivity index (χ2n) is 6.10. The van der Waals surface area contributed by atoms with E-state index >= 15 is 0 Å². The zero-order chi connectivity index (χ0) is 19.0. The molecule has 0 radical (unpaired) electrons. The molecule has 3 aromatic rings. The molecule has 3 heterocycles. The monoisotopic (exact) mass is 390 g/mol. The van der Waals surface area contributed by atoms with Gasteiger partial charge in [-0.1, -0.05) is 16.8 Å². The number of hydrogen-bond acceptors (Lipinski definition) is 5. The van der Waals surface area contributed by atoms with Crippen molar-refractivity contribution in [1.29, 1.82) is 0 Å². The summed E-state index contributed by atoms with van der Waals surface area (Å²) < 4.78 is 18.8. The van der Waals surface area contributed by atoms with Gasteiger partial charge in [-0.3, -0.25) is 0 Å². The first-order chi connectivity index (χ1) is 13.1. The molecule has 1 aliphatic rings. The molecule has 4 rings (SSSR count). The van der Waals surface area contributed by atoms with Crippen LogP contribution in [-0.2, 0) is 13.0 Å². The molecule has 140 valence electrons. The van der Waals surface area contributed by atoms with E-state index in [1.165, 1.54) is 18.2 Å². The largest absolute Gasteiger partial charge is 0.347 e. The van der Waals surface area contributed by atoms with Crippen LogP contribution in [0.15, 0.2) is 29.0 Å². The van der Waals surface area contributed by atoms with Gasteiger partial charge in [0.15, 0.2) is 0 Å². The lowest BCUT2D eigenvalue weighted by Gasteiger charge is -2.32. The van der Waals surface area contributed by atoms with Crippen molar-refractivity contribution in [3.05, 3.63) is 52.6 Å². The van der Waals surface area contributed by atoms with E-state index in [1.54, 1.807) is 11.2 Å². The van der Waals surface area contributed by atoms with Crippen LogP contribution >= 0.6 is 11.6 Å². The molecule has 0 aliphatic carbocycles. The number of halogens is 2. The minimum Gasteiger partial charge on any atom is -0.347 e. The topological polar surface area (TPSA) is 99.9 Å². The average Bonchev–Trinajstić information content (AvgIpc) is 3.31. The van der Waals surface area contributed by atoms with E-state index in [1.807, 2.05) is 6.92 Å². The number of H-pyrrole nitrogens is 1. The second-order valence-corrected chi connectivity index (χ2v) is 6.50. The lowest BCUT2D eigenvalue weighted by Crippen LogP contribution is -2.44. The van der Waals surface area contributed by atoms with Crippen LogP contribution in [-0.4, -0.2) is 37.6 Å². The predicted octanol–water partition coefficient (Wildman–Crippen LogP) is 3.08. The molecule has 1 unspecified atom stereocenters. The Morgan fingerprint density at radius 1 is 1.52 bits per heavy atom. The van der Waals surface area contributed by atoms with Gasteiger partial charge in [0.05, 0.1) is 29.3 Å². The Bertz CT molecular complexity index is 987. The molecule has 2 amide bonds. The molecule has 10 heteroatoms. The Morgan fingerprint density at radius 2 is 2.37 bits per heavy atom. The fourth-order valence-electron chi connectivity index (χ4n) is 3.05. The molecular formula is C17H16ClFN6O2. The molecule has 0 spiro atoms. The quantitative estimate of drug-likeness (QED) is 0.715. The molecule has 1 atom stereocenters. The molecule has 1 aromatic carbocycles. The highest BCUT2D eigenvalue weighted by molar-refractivity contribution is 6.31. The van der Waals surface area contributed by atoms with Crippen molar-refractivity contribution in [1.82, 2.24) is 30.3 Å². The number of imidazole rings is 1. The Labute approximate surface area is 158 Å². The van der Waals surface area contributed by atoms with Gasteiger partial charge in [-0.05, 0) is 25.1 Å². The van der Waals surface area contributed by atoms with Gasteiger partial charge < -0.3 is 19.7 Å². The molecule has 0 saturated heterocycles. The van der Waals surface area contributed by atoms with Crippen LogP contribution in [0.25, 0.3) is 11.4 Å². The molecule has 27 heavy (non-hydrogen) atoms. The summed E-state index contributed by atoms with van der Waals surface area (Å²) in [5, 5.41) is 6.73. The summed E-state index contributed by atoms with van der Waals surface area (Å²) in [6.45, 7) is 2.70. The van der Waals surface area contributed by atoms with Crippen LogP contribution in [0.2, 0.25) is 5.02 Å². The van der Waals surface area contributed by atoms with Gasteiger partial charge in [-0.15, -0.1) is 0 Å². The molecule has 8 nitrogen and oxygen atoms in total. The first-order valence-corrected chi connectivity index (χ1v) is 8.79. The summed E-state index contributed by atoms with van der Waals surface area (Å²) in [6, 6.07) is 3.51. The van der Waals surface area contributed by atoms with Crippen molar-refractivity contribution < 1.29 is 13.7 Å². The fourth-order valence-corrected chi connectivity index (χ4v) is 3.23. The minimum absolute atomic E-state index is 0.0263. The number of hydrogen-bond donors (Lipinski definition) is 2. The number of urea groups is 1. The molecule has 2 aromatic heterocycles. The number of carbonyl (C=O) groups is 1. The number of nitrogens with zero attached hydrogens (tertiary/aromatic N) is 4. The number of aromatic nitrogens is 4. The number of nitrogens with one attached hydrogen (secondary N) is 2. The standard InChI is InChI=1S/C17H16ClFN6O2/c1-2-20-17(26)25-7-13-12(21-8-22-13)6-14(25)16-23-15(24-27-16)9-3-4-11(19)10(18)5-9/h3-5,8,14H,2,6-7H2,1H3,(H,20,26)(H,21,22). The zero-order valence-corrected chi connectivity index (χ0v) is 15.1. The first kappa shape index (κ1) is 17.5. The van der Waals surface area contributed by atoms with Crippen molar-refractivity contribution in [2.45, 2.75) is 25.9 Å². The van der Waals surface area contributed by atoms with E-state index in [-0.39, 0.29) is 22.8 Å². The lowest BCUT2D eigenvalue weighted by atomic mass is 10.0. The molecular weight excluding hydrogens is 375 g/mol. The number of rotatable bonds is 3. The van der Waals surface area contributed by atoms with Crippen LogP contribution in [0.3, 0.4) is 0 Å². The van der Waals surface area contributed by atoms with Gasteiger partial charge in [-0.2, -0.15) is 4.98 Å². The van der Waals surface area contributed by atoms with Crippen LogP contribution in [0.4, 0.5) is 9.18 Å². The number of carbonyl (C=O) groups excluding carboxylic acids is 1. The van der Waals surface area contributed by atoms with Gasteiger partial charge in [0, 0.05) is 18.5 Å². The predicted molar refractivity (Wildman–Crippen MR) is 94.4 cm³/mol. The Morgan fingerprint density at radius 3 is 3.15 bits per heavy atom. The van der Waals surface area contributed by atoms with Crippen molar-refractivity contribution in [3.63, 3.8) is 0 Å². The Hall–Kier alpha value is -2.94. The van der Waals surface area contributed by atoms with Crippen LogP contribution in [0, 0.1) is 5.82 Å². The zero-order valence-electron chi connectivity index (χ0n) is 14.4. The molecule has 2 N–H and O–H groups in total. The van der Waals surface area contributed by atoms with Crippen molar-refractivity contribution in [3.8, 4) is 11.4 Å². The van der Waals surface area contributed by atoms with E-state index in [0.29, 0.717) is 25.1 Å². The maximum Gasteiger partial charge on any atom is 0.318 e. The van der Waals surface area contributed by atoms with E-state index in [0.717, 1.165) is 11.4 Å². The van der Waals surface area contributed by atoms with E-state index in [9.17, 15) is 9.18 Å². The highest BCUT2D eigenvalue weighted by Gasteiger charge is 2.36. The highest BCUT2D eigenvalue weighted by Crippen LogP contribution is 2.32. The van der Waals surface area contributed by atoms with E-state index < -0.39 is 11.9 Å². The van der Waals surface area contributed by atoms with Gasteiger partial charge in [0.25, 0.3) is 0 Å². The van der Waals surface area contributed by atoms with Crippen LogP contribution in [0.1, 0.15) is 30.2 Å². The number of aromatic amines is 1. The third-order valence-corrected chi connectivity index (χ3v) is 4.68. The Balaban J connectivity index is 1.67. The summed E-state index contributed by atoms with van der Waals surface area (Å²) in [6.07, 6.45) is 2.05. The number of benzene rings is 1. The van der Waals surface area contributed by atoms with Crippen LogP contribution < -0.4 is 5.32 Å². The summed E-state index contributed by atoms with van der Waals surface area (Å²) in [5.41, 5.74) is 2.25. The van der Waals surface area contributed by atoms with Crippen molar-refractivity contribution >= 4 is 17.6 Å². The maximum absolute atomic E-state index is 13.4. The molecule has 0 fully saturated rings. The second kappa shape index (κ2) is 6.99. The molecule has 0 bridgehead atoms. The number of fused-ring (bicyclic) bond motifs is 1. The van der Waals surface area contributed by atoms with Gasteiger partial charge in [0.1, 0.15) is 11.9 Å². The summed E-state index contributed by atoms with van der Waals surface area (Å²) in [7, 11) is 0. The minimum atomic E-state index is -0.523. The van der Waals surface area contributed by atoms with E-state index in [2.05, 4.69) is 25.4 Å². The lowest BCUT2D eigenvalue weighted by molar-refractivity contribution is 0.144. The third-order valence-electron chi connectivity index (χ3n) is 4.39. The van der Waals surface area contributed by atoms with E-state index in [4.69, 9.17) is 16.1 Å². The molecule has 0 saturated carbocycles. The maximum atomic E-state index is 13.4. The van der Waals surface area contributed by atoms with Crippen LogP contribution in [0.5, 0.6) is 0 Å². The van der Waals surface area contributed by atoms with Gasteiger partial charge in [0.2, 0.25) is 11.7 Å².